The fourth-order valence-electron chi connectivity index (χ4n) is 3.88. The third-order valence-corrected chi connectivity index (χ3v) is 7.30. The monoisotopic (exact) mass is 416 g/mol. The number of amides is 2. The maximum atomic E-state index is 12.7. The molecular weight excluding hydrogens is 392 g/mol. The number of fused-ring (bicyclic) bond motifs is 1. The molecule has 4 rings (SSSR count). The zero-order valence-electron chi connectivity index (χ0n) is 15.7. The second-order valence-corrected chi connectivity index (χ2v) is 9.46. The quantitative estimate of drug-likeness (QED) is 0.586. The Hall–Kier alpha value is -1.93. The number of benzene rings is 1. The van der Waals surface area contributed by atoms with E-state index in [4.69, 9.17) is 0 Å². The Balaban J connectivity index is 1.31. The highest BCUT2D eigenvalue weighted by Gasteiger charge is 2.24. The van der Waals surface area contributed by atoms with Crippen LogP contribution in [-0.2, 0) is 16.0 Å². The first-order valence-corrected chi connectivity index (χ1v) is 11.7. The van der Waals surface area contributed by atoms with Gasteiger partial charge in [0.25, 0.3) is 0 Å². The van der Waals surface area contributed by atoms with E-state index in [0.717, 1.165) is 50.8 Å². The number of anilines is 2. The number of hydrogen-bond donors (Lipinski definition) is 1. The second kappa shape index (κ2) is 9.05. The number of carbonyl (C=O) groups is 2. The Bertz CT molecular complexity index is 848. The van der Waals surface area contributed by atoms with Crippen LogP contribution in [-0.4, -0.2) is 34.3 Å². The summed E-state index contributed by atoms with van der Waals surface area (Å²) in [5.41, 5.74) is 2.26. The number of rotatable bonds is 5. The van der Waals surface area contributed by atoms with Gasteiger partial charge in [0.2, 0.25) is 16.9 Å². The molecule has 8 heteroatoms. The smallest absolute Gasteiger partial charge is 0.237 e. The number of thioether (sulfide) groups is 1. The standard InChI is InChI=1S/C20H24N4O2S2/c25-17(24-12-6-10-14-7-4-5-11-16(14)24)13-27-20-23-22-19(28-20)21-18(26)15-8-2-1-3-9-15/h4-5,7,11,15H,1-3,6,8-10,12-13H2,(H,21,22,26). The molecule has 2 heterocycles. The Morgan fingerprint density at radius 2 is 1.96 bits per heavy atom. The Morgan fingerprint density at radius 1 is 1.14 bits per heavy atom. The van der Waals surface area contributed by atoms with E-state index in [1.54, 1.807) is 0 Å². The number of hydrogen-bond acceptors (Lipinski definition) is 6. The minimum atomic E-state index is 0.0494. The van der Waals surface area contributed by atoms with Crippen LogP contribution in [0.1, 0.15) is 44.1 Å². The summed E-state index contributed by atoms with van der Waals surface area (Å²) in [6.07, 6.45) is 7.39. The van der Waals surface area contributed by atoms with Gasteiger partial charge < -0.3 is 10.2 Å². The van der Waals surface area contributed by atoms with Crippen molar-refractivity contribution in [3.63, 3.8) is 0 Å². The molecule has 0 spiro atoms. The van der Waals surface area contributed by atoms with Gasteiger partial charge in [0.15, 0.2) is 4.34 Å². The highest BCUT2D eigenvalue weighted by molar-refractivity contribution is 8.01. The predicted octanol–water partition coefficient (Wildman–Crippen LogP) is 4.13. The molecule has 2 aromatic rings. The fourth-order valence-corrected chi connectivity index (χ4v) is 5.52. The van der Waals surface area contributed by atoms with Gasteiger partial charge in [0.05, 0.1) is 5.75 Å². The van der Waals surface area contributed by atoms with Crippen LogP contribution < -0.4 is 10.2 Å². The molecule has 0 radical (unpaired) electrons. The molecule has 1 aliphatic heterocycles. The molecule has 28 heavy (non-hydrogen) atoms. The summed E-state index contributed by atoms with van der Waals surface area (Å²) in [6.45, 7) is 0.759. The Kier molecular flexibility index (Phi) is 6.26. The first-order chi connectivity index (χ1) is 13.7. The lowest BCUT2D eigenvalue weighted by Gasteiger charge is -2.29. The highest BCUT2D eigenvalue weighted by Crippen LogP contribution is 2.31. The van der Waals surface area contributed by atoms with Gasteiger partial charge in [-0.1, -0.05) is 60.6 Å². The van der Waals surface area contributed by atoms with Crippen LogP contribution in [0.4, 0.5) is 10.8 Å². The molecular formula is C20H24N4O2S2. The zero-order valence-corrected chi connectivity index (χ0v) is 17.4. The molecule has 1 N–H and O–H groups in total. The summed E-state index contributed by atoms with van der Waals surface area (Å²) < 4.78 is 0.706. The first-order valence-electron chi connectivity index (χ1n) is 9.86. The summed E-state index contributed by atoms with van der Waals surface area (Å²) in [6, 6.07) is 8.10. The van der Waals surface area contributed by atoms with E-state index in [-0.39, 0.29) is 17.7 Å². The SMILES string of the molecule is O=C(Nc1nnc(SCC(=O)N2CCCc3ccccc32)s1)C1CCCCC1. The summed E-state index contributed by atoms with van der Waals surface area (Å²) in [5.74, 6) is 0.544. The van der Waals surface area contributed by atoms with Crippen LogP contribution in [0.5, 0.6) is 0 Å². The summed E-state index contributed by atoms with van der Waals surface area (Å²) >= 11 is 2.72. The molecule has 1 aliphatic carbocycles. The lowest BCUT2D eigenvalue weighted by molar-refractivity contribution is -0.120. The lowest BCUT2D eigenvalue weighted by Crippen LogP contribution is -2.36. The summed E-state index contributed by atoms with van der Waals surface area (Å²) in [7, 11) is 0. The number of aryl methyl sites for hydroxylation is 1. The van der Waals surface area contributed by atoms with Crippen molar-refractivity contribution < 1.29 is 9.59 Å². The van der Waals surface area contributed by atoms with Gasteiger partial charge in [-0.2, -0.15) is 0 Å². The zero-order chi connectivity index (χ0) is 19.3. The molecule has 0 saturated heterocycles. The van der Waals surface area contributed by atoms with Gasteiger partial charge in [-0.15, -0.1) is 10.2 Å². The molecule has 1 aromatic carbocycles. The minimum absolute atomic E-state index is 0.0494. The van der Waals surface area contributed by atoms with E-state index >= 15 is 0 Å². The number of para-hydroxylation sites is 1. The number of carbonyl (C=O) groups excluding carboxylic acids is 2. The molecule has 6 nitrogen and oxygen atoms in total. The van der Waals surface area contributed by atoms with Crippen LogP contribution in [0, 0.1) is 5.92 Å². The number of nitrogens with zero attached hydrogens (tertiary/aromatic N) is 3. The van der Waals surface area contributed by atoms with E-state index in [9.17, 15) is 9.59 Å². The molecule has 0 atom stereocenters. The van der Waals surface area contributed by atoms with Crippen molar-refractivity contribution in [2.45, 2.75) is 49.3 Å². The lowest BCUT2D eigenvalue weighted by atomic mass is 9.89. The van der Waals surface area contributed by atoms with Crippen molar-refractivity contribution in [3.8, 4) is 0 Å². The first kappa shape index (κ1) is 19.4. The molecule has 1 fully saturated rings. The molecule has 2 amide bonds. The predicted molar refractivity (Wildman–Crippen MR) is 113 cm³/mol. The maximum absolute atomic E-state index is 12.7. The minimum Gasteiger partial charge on any atom is -0.311 e. The van der Waals surface area contributed by atoms with E-state index in [1.807, 2.05) is 23.1 Å². The highest BCUT2D eigenvalue weighted by atomic mass is 32.2. The van der Waals surface area contributed by atoms with E-state index in [0.29, 0.717) is 15.2 Å². The third kappa shape index (κ3) is 4.55. The van der Waals surface area contributed by atoms with Gasteiger partial charge in [-0.05, 0) is 37.3 Å². The topological polar surface area (TPSA) is 75.2 Å². The second-order valence-electron chi connectivity index (χ2n) is 7.26. The van der Waals surface area contributed by atoms with Crippen LogP contribution >= 0.6 is 23.1 Å². The van der Waals surface area contributed by atoms with Crippen molar-refractivity contribution in [1.29, 1.82) is 0 Å². The molecule has 2 aliphatic rings. The number of aromatic nitrogens is 2. The van der Waals surface area contributed by atoms with E-state index < -0.39 is 0 Å². The fraction of sp³-hybridized carbons (Fsp3) is 0.500. The van der Waals surface area contributed by atoms with Crippen molar-refractivity contribution in [1.82, 2.24) is 10.2 Å². The Labute approximate surface area is 173 Å². The number of nitrogens with one attached hydrogen (secondary N) is 1. The maximum Gasteiger partial charge on any atom is 0.237 e. The molecule has 0 bridgehead atoms. The van der Waals surface area contributed by atoms with Crippen molar-refractivity contribution >= 4 is 45.7 Å². The van der Waals surface area contributed by atoms with Crippen molar-refractivity contribution in [2.75, 3.05) is 22.5 Å². The van der Waals surface area contributed by atoms with Crippen LogP contribution in [0.25, 0.3) is 0 Å². The molecule has 0 unspecified atom stereocenters. The molecule has 1 aromatic heterocycles. The van der Waals surface area contributed by atoms with Gasteiger partial charge in [0, 0.05) is 18.2 Å². The largest absolute Gasteiger partial charge is 0.311 e. The van der Waals surface area contributed by atoms with Crippen molar-refractivity contribution in [2.24, 2.45) is 5.92 Å². The van der Waals surface area contributed by atoms with Gasteiger partial charge >= 0.3 is 0 Å². The average molecular weight is 417 g/mol. The molecule has 1 saturated carbocycles. The van der Waals surface area contributed by atoms with Crippen LogP contribution in [0.15, 0.2) is 28.6 Å². The normalized spacial score (nSPS) is 17.2. The van der Waals surface area contributed by atoms with Crippen molar-refractivity contribution in [3.05, 3.63) is 29.8 Å². The van der Waals surface area contributed by atoms with Gasteiger partial charge in [-0.25, -0.2) is 0 Å². The van der Waals surface area contributed by atoms with Crippen LogP contribution in [0.2, 0.25) is 0 Å². The summed E-state index contributed by atoms with van der Waals surface area (Å²) in [5, 5.41) is 11.6. The van der Waals surface area contributed by atoms with E-state index in [1.165, 1.54) is 35.1 Å². The average Bonchev–Trinajstić information content (AvgIpc) is 3.19. The Morgan fingerprint density at radius 3 is 2.82 bits per heavy atom. The summed E-state index contributed by atoms with van der Waals surface area (Å²) in [4.78, 5) is 26.9. The third-order valence-electron chi connectivity index (χ3n) is 5.34. The van der Waals surface area contributed by atoms with Gasteiger partial charge in [-0.3, -0.25) is 9.59 Å². The molecule has 148 valence electrons. The van der Waals surface area contributed by atoms with Crippen LogP contribution in [0.3, 0.4) is 0 Å². The van der Waals surface area contributed by atoms with Gasteiger partial charge in [0.1, 0.15) is 0 Å². The van der Waals surface area contributed by atoms with E-state index in [2.05, 4.69) is 21.6 Å².